The summed E-state index contributed by atoms with van der Waals surface area (Å²) in [6.07, 6.45) is 4.04. The van der Waals surface area contributed by atoms with Crippen molar-refractivity contribution >= 4 is 12.3 Å². The molecule has 0 aromatic heterocycles. The van der Waals surface area contributed by atoms with E-state index in [4.69, 9.17) is 4.74 Å². The van der Waals surface area contributed by atoms with Gasteiger partial charge < -0.3 is 9.84 Å². The molecule has 1 rings (SSSR count). The number of aldehydes is 1. The van der Waals surface area contributed by atoms with Crippen molar-refractivity contribution in [1.29, 1.82) is 0 Å². The average molecular weight is 278 g/mol. The molecule has 1 unspecified atom stereocenters. The molecule has 0 aliphatic rings. The molecular formula is C16H22O4. The highest BCUT2D eigenvalue weighted by Gasteiger charge is 2.35. The zero-order chi connectivity index (χ0) is 15.2. The van der Waals surface area contributed by atoms with E-state index in [0.29, 0.717) is 17.7 Å². The number of carboxylic acids is 1. The van der Waals surface area contributed by atoms with Crippen LogP contribution in [-0.2, 0) is 4.79 Å². The number of aliphatic carboxylic acids is 1. The van der Waals surface area contributed by atoms with E-state index in [-0.39, 0.29) is 0 Å². The van der Waals surface area contributed by atoms with Gasteiger partial charge in [0.25, 0.3) is 0 Å². The van der Waals surface area contributed by atoms with Gasteiger partial charge in [0, 0.05) is 5.56 Å². The molecule has 4 nitrogen and oxygen atoms in total. The summed E-state index contributed by atoms with van der Waals surface area (Å²) in [5, 5.41) is 9.40. The standard InChI is InChI=1S/C16H22O4/c1-4-5-6-9-16(3,15(18)19)20-14-8-7-13(11-17)10-12(14)2/h7-8,10-11H,4-6,9H2,1-3H3,(H,18,19). The summed E-state index contributed by atoms with van der Waals surface area (Å²) in [4.78, 5) is 22.2. The van der Waals surface area contributed by atoms with E-state index in [1.54, 1.807) is 32.0 Å². The van der Waals surface area contributed by atoms with Gasteiger partial charge in [0.2, 0.25) is 5.60 Å². The Morgan fingerprint density at radius 1 is 1.40 bits per heavy atom. The number of carbonyl (C=O) groups is 2. The lowest BCUT2D eigenvalue weighted by Crippen LogP contribution is -2.41. The van der Waals surface area contributed by atoms with Crippen molar-refractivity contribution < 1.29 is 19.4 Å². The lowest BCUT2D eigenvalue weighted by Gasteiger charge is -2.27. The summed E-state index contributed by atoms with van der Waals surface area (Å²) in [6.45, 7) is 5.47. The van der Waals surface area contributed by atoms with Gasteiger partial charge in [0.15, 0.2) is 0 Å². The number of hydrogen-bond donors (Lipinski definition) is 1. The summed E-state index contributed by atoms with van der Waals surface area (Å²) in [7, 11) is 0. The molecule has 1 atom stereocenters. The van der Waals surface area contributed by atoms with Gasteiger partial charge in [-0.2, -0.15) is 0 Å². The summed E-state index contributed by atoms with van der Waals surface area (Å²) >= 11 is 0. The predicted molar refractivity (Wildman–Crippen MR) is 77.4 cm³/mol. The van der Waals surface area contributed by atoms with Crippen LogP contribution in [0.1, 0.15) is 55.5 Å². The second kappa shape index (κ2) is 7.08. The summed E-state index contributed by atoms with van der Waals surface area (Å²) in [5.74, 6) is -0.454. The van der Waals surface area contributed by atoms with Gasteiger partial charge in [-0.25, -0.2) is 4.79 Å². The van der Waals surface area contributed by atoms with Crippen LogP contribution in [0.2, 0.25) is 0 Å². The number of hydrogen-bond acceptors (Lipinski definition) is 3. The van der Waals surface area contributed by atoms with Crippen molar-refractivity contribution in [2.75, 3.05) is 0 Å². The number of carboxylic acid groups (broad SMARTS) is 1. The van der Waals surface area contributed by atoms with Gasteiger partial charge in [0.05, 0.1) is 0 Å². The van der Waals surface area contributed by atoms with Crippen LogP contribution in [0, 0.1) is 6.92 Å². The van der Waals surface area contributed by atoms with Crippen molar-refractivity contribution in [2.45, 2.75) is 52.1 Å². The van der Waals surface area contributed by atoms with Crippen LogP contribution in [0.15, 0.2) is 18.2 Å². The minimum atomic E-state index is -1.23. The number of rotatable bonds is 8. The topological polar surface area (TPSA) is 63.6 Å². The van der Waals surface area contributed by atoms with E-state index in [1.807, 2.05) is 0 Å². The lowest BCUT2D eigenvalue weighted by atomic mass is 9.98. The second-order valence-corrected chi connectivity index (χ2v) is 5.24. The van der Waals surface area contributed by atoms with Crippen LogP contribution in [0.4, 0.5) is 0 Å². The Morgan fingerprint density at radius 3 is 2.60 bits per heavy atom. The molecule has 0 aliphatic heterocycles. The predicted octanol–water partition coefficient (Wildman–Crippen LogP) is 3.61. The van der Waals surface area contributed by atoms with Crippen molar-refractivity contribution in [3.8, 4) is 5.75 Å². The number of carbonyl (C=O) groups excluding carboxylic acids is 1. The average Bonchev–Trinajstić information content (AvgIpc) is 2.41. The zero-order valence-electron chi connectivity index (χ0n) is 12.3. The Bertz CT molecular complexity index is 481. The minimum Gasteiger partial charge on any atom is -0.478 e. The Hall–Kier alpha value is -1.84. The van der Waals surface area contributed by atoms with Crippen LogP contribution in [-0.4, -0.2) is 23.0 Å². The van der Waals surface area contributed by atoms with Gasteiger partial charge in [-0.05, 0) is 50.5 Å². The van der Waals surface area contributed by atoms with Crippen LogP contribution in [0.3, 0.4) is 0 Å². The van der Waals surface area contributed by atoms with E-state index in [0.717, 1.165) is 31.1 Å². The SMILES string of the molecule is CCCCCC(C)(Oc1ccc(C=O)cc1C)C(=O)O. The van der Waals surface area contributed by atoms with Crippen molar-refractivity contribution in [3.63, 3.8) is 0 Å². The first-order valence-electron chi connectivity index (χ1n) is 6.91. The van der Waals surface area contributed by atoms with Gasteiger partial charge in [-0.15, -0.1) is 0 Å². The van der Waals surface area contributed by atoms with E-state index < -0.39 is 11.6 Å². The molecule has 0 aliphatic carbocycles. The molecule has 0 spiro atoms. The van der Waals surface area contributed by atoms with Gasteiger partial charge in [-0.3, -0.25) is 4.79 Å². The third kappa shape index (κ3) is 4.08. The van der Waals surface area contributed by atoms with Gasteiger partial charge in [0.1, 0.15) is 12.0 Å². The fourth-order valence-electron chi connectivity index (χ4n) is 2.02. The molecule has 20 heavy (non-hydrogen) atoms. The Morgan fingerprint density at radius 2 is 2.10 bits per heavy atom. The maximum Gasteiger partial charge on any atom is 0.347 e. The van der Waals surface area contributed by atoms with Crippen LogP contribution >= 0.6 is 0 Å². The normalized spacial score (nSPS) is 13.6. The van der Waals surface area contributed by atoms with E-state index in [2.05, 4.69) is 6.92 Å². The first kappa shape index (κ1) is 16.2. The molecular weight excluding hydrogens is 256 g/mol. The van der Waals surface area contributed by atoms with Crippen LogP contribution in [0.25, 0.3) is 0 Å². The highest BCUT2D eigenvalue weighted by molar-refractivity contribution is 5.78. The largest absolute Gasteiger partial charge is 0.478 e. The van der Waals surface area contributed by atoms with Gasteiger partial charge >= 0.3 is 5.97 Å². The Balaban J connectivity index is 2.90. The zero-order valence-corrected chi connectivity index (χ0v) is 12.3. The molecule has 4 heteroatoms. The second-order valence-electron chi connectivity index (χ2n) is 5.24. The third-order valence-electron chi connectivity index (χ3n) is 3.38. The fraction of sp³-hybridized carbons (Fsp3) is 0.500. The highest BCUT2D eigenvalue weighted by Crippen LogP contribution is 2.27. The Labute approximate surface area is 119 Å². The maximum atomic E-state index is 11.5. The first-order valence-corrected chi connectivity index (χ1v) is 6.91. The molecule has 1 N–H and O–H groups in total. The number of ether oxygens (including phenoxy) is 1. The summed E-state index contributed by atoms with van der Waals surface area (Å²) in [5.41, 5.74) is 0.0817. The fourth-order valence-corrected chi connectivity index (χ4v) is 2.02. The number of benzene rings is 1. The molecule has 1 aromatic rings. The quantitative estimate of drug-likeness (QED) is 0.583. The molecule has 1 aromatic carbocycles. The number of aryl methyl sites for hydroxylation is 1. The molecule has 0 radical (unpaired) electrons. The molecule has 0 fully saturated rings. The van der Waals surface area contributed by atoms with Crippen molar-refractivity contribution in [2.24, 2.45) is 0 Å². The summed E-state index contributed by atoms with van der Waals surface area (Å²) in [6, 6.07) is 4.97. The molecule has 0 saturated heterocycles. The maximum absolute atomic E-state index is 11.5. The van der Waals surface area contributed by atoms with Crippen molar-refractivity contribution in [3.05, 3.63) is 29.3 Å². The van der Waals surface area contributed by atoms with E-state index in [1.165, 1.54) is 0 Å². The molecule has 0 heterocycles. The monoisotopic (exact) mass is 278 g/mol. The molecule has 0 bridgehead atoms. The molecule has 0 amide bonds. The third-order valence-corrected chi connectivity index (χ3v) is 3.38. The highest BCUT2D eigenvalue weighted by atomic mass is 16.5. The molecule has 110 valence electrons. The van der Waals surface area contributed by atoms with Crippen molar-refractivity contribution in [1.82, 2.24) is 0 Å². The lowest BCUT2D eigenvalue weighted by molar-refractivity contribution is -0.154. The molecule has 0 saturated carbocycles. The van der Waals surface area contributed by atoms with Crippen LogP contribution < -0.4 is 4.74 Å². The van der Waals surface area contributed by atoms with Gasteiger partial charge in [-0.1, -0.05) is 19.8 Å². The van der Waals surface area contributed by atoms with E-state index in [9.17, 15) is 14.7 Å². The Kier molecular flexibility index (Phi) is 5.74. The summed E-state index contributed by atoms with van der Waals surface area (Å²) < 4.78 is 5.72. The van der Waals surface area contributed by atoms with Crippen LogP contribution in [0.5, 0.6) is 5.75 Å². The first-order chi connectivity index (χ1) is 9.42. The van der Waals surface area contributed by atoms with E-state index >= 15 is 0 Å². The minimum absolute atomic E-state index is 0.463. The smallest absolute Gasteiger partial charge is 0.347 e. The number of unbranched alkanes of at least 4 members (excludes halogenated alkanes) is 2.